The molecule has 1 saturated carbocycles. The quantitative estimate of drug-likeness (QED) is 0.881. The zero-order valence-corrected chi connectivity index (χ0v) is 12.0. The van der Waals surface area contributed by atoms with E-state index in [0.717, 1.165) is 23.5 Å². The Morgan fingerprint density at radius 2 is 2.22 bits per heavy atom. The lowest BCUT2D eigenvalue weighted by molar-refractivity contribution is 0.679. The summed E-state index contributed by atoms with van der Waals surface area (Å²) in [4.78, 5) is 1.31. The summed E-state index contributed by atoms with van der Waals surface area (Å²) in [7, 11) is 0. The third kappa shape index (κ3) is 2.79. The van der Waals surface area contributed by atoms with Gasteiger partial charge in [-0.2, -0.15) is 0 Å². The fourth-order valence-electron chi connectivity index (χ4n) is 2.10. The van der Waals surface area contributed by atoms with E-state index in [1.807, 2.05) is 6.07 Å². The van der Waals surface area contributed by atoms with Crippen LogP contribution in [0.4, 0.5) is 0 Å². The Morgan fingerprint density at radius 3 is 2.89 bits per heavy atom. The summed E-state index contributed by atoms with van der Waals surface area (Å²) in [6, 6.07) is 7.06. The Balaban J connectivity index is 1.68. The van der Waals surface area contributed by atoms with Crippen molar-refractivity contribution in [1.29, 1.82) is 0 Å². The molecule has 2 heterocycles. The molecule has 18 heavy (non-hydrogen) atoms. The first-order valence-electron chi connectivity index (χ1n) is 6.34. The topological polar surface area (TPSA) is 17.0 Å². The highest BCUT2D eigenvalue weighted by atomic mass is 35.5. The molecular formula is C14H17ClN2S. The van der Waals surface area contributed by atoms with Gasteiger partial charge in [0.05, 0.1) is 10.9 Å². The van der Waals surface area contributed by atoms with E-state index >= 15 is 0 Å². The molecule has 96 valence electrons. The van der Waals surface area contributed by atoms with E-state index in [9.17, 15) is 0 Å². The minimum atomic E-state index is 0.767. The number of halogens is 1. The molecule has 2 aromatic rings. The normalized spacial score (nSPS) is 15.2. The molecule has 3 rings (SSSR count). The van der Waals surface area contributed by atoms with Crippen molar-refractivity contribution in [2.75, 3.05) is 0 Å². The summed E-state index contributed by atoms with van der Waals surface area (Å²) >= 11 is 7.62. The van der Waals surface area contributed by atoms with Gasteiger partial charge in [-0.15, -0.1) is 11.3 Å². The molecular weight excluding hydrogens is 264 g/mol. The molecule has 0 unspecified atom stereocenters. The monoisotopic (exact) mass is 280 g/mol. The number of nitrogens with one attached hydrogen (secondary N) is 1. The van der Waals surface area contributed by atoms with Crippen molar-refractivity contribution < 1.29 is 0 Å². The SMILES string of the molecule is Cc1c(CNC2CC2)ccn1Cc1ccc(Cl)s1. The van der Waals surface area contributed by atoms with Gasteiger partial charge in [0, 0.05) is 29.4 Å². The first-order valence-corrected chi connectivity index (χ1v) is 7.54. The smallest absolute Gasteiger partial charge is 0.0931 e. The van der Waals surface area contributed by atoms with Crippen LogP contribution in [0.1, 0.15) is 29.0 Å². The van der Waals surface area contributed by atoms with Crippen LogP contribution in [0.3, 0.4) is 0 Å². The summed E-state index contributed by atoms with van der Waals surface area (Å²) in [5.41, 5.74) is 2.76. The molecule has 1 aliphatic carbocycles. The number of thiophene rings is 1. The maximum absolute atomic E-state index is 5.96. The van der Waals surface area contributed by atoms with Gasteiger partial charge in [-0.1, -0.05) is 11.6 Å². The van der Waals surface area contributed by atoms with E-state index in [2.05, 4.69) is 35.1 Å². The molecule has 0 atom stereocenters. The first-order chi connectivity index (χ1) is 8.72. The van der Waals surface area contributed by atoms with Crippen LogP contribution in [0.5, 0.6) is 0 Å². The molecule has 0 saturated heterocycles. The van der Waals surface area contributed by atoms with E-state index in [0.29, 0.717) is 0 Å². The molecule has 2 aromatic heterocycles. The van der Waals surface area contributed by atoms with E-state index in [1.165, 1.54) is 29.0 Å². The first kappa shape index (κ1) is 12.3. The predicted molar refractivity (Wildman–Crippen MR) is 77.5 cm³/mol. The fraction of sp³-hybridized carbons (Fsp3) is 0.429. The van der Waals surface area contributed by atoms with Gasteiger partial charge in [-0.05, 0) is 43.5 Å². The molecule has 1 fully saturated rings. The molecule has 4 heteroatoms. The number of hydrogen-bond acceptors (Lipinski definition) is 2. The highest BCUT2D eigenvalue weighted by Gasteiger charge is 2.20. The maximum Gasteiger partial charge on any atom is 0.0931 e. The Hall–Kier alpha value is -0.770. The molecule has 0 spiro atoms. The zero-order chi connectivity index (χ0) is 12.5. The van der Waals surface area contributed by atoms with Gasteiger partial charge in [0.15, 0.2) is 0 Å². The van der Waals surface area contributed by atoms with Crippen LogP contribution in [-0.4, -0.2) is 10.6 Å². The number of rotatable bonds is 5. The molecule has 0 bridgehead atoms. The second kappa shape index (κ2) is 5.08. The van der Waals surface area contributed by atoms with E-state index < -0.39 is 0 Å². The Bertz CT molecular complexity index is 540. The van der Waals surface area contributed by atoms with Gasteiger partial charge < -0.3 is 9.88 Å². The predicted octanol–water partition coefficient (Wildman–Crippen LogP) is 3.81. The van der Waals surface area contributed by atoms with Gasteiger partial charge in [0.2, 0.25) is 0 Å². The minimum absolute atomic E-state index is 0.767. The summed E-state index contributed by atoms with van der Waals surface area (Å²) in [6.45, 7) is 4.11. The molecule has 0 radical (unpaired) electrons. The van der Waals surface area contributed by atoms with Crippen molar-refractivity contribution in [3.05, 3.63) is 44.9 Å². The number of hydrogen-bond donors (Lipinski definition) is 1. The zero-order valence-electron chi connectivity index (χ0n) is 10.4. The van der Waals surface area contributed by atoms with Crippen LogP contribution in [0.25, 0.3) is 0 Å². The second-order valence-electron chi connectivity index (χ2n) is 4.92. The van der Waals surface area contributed by atoms with Crippen molar-refractivity contribution in [2.45, 2.75) is 38.9 Å². The third-order valence-electron chi connectivity index (χ3n) is 3.46. The Labute approximate surface area is 117 Å². The van der Waals surface area contributed by atoms with E-state index in [4.69, 9.17) is 11.6 Å². The highest BCUT2D eigenvalue weighted by Crippen LogP contribution is 2.24. The van der Waals surface area contributed by atoms with Gasteiger partial charge in [-0.25, -0.2) is 0 Å². The lowest BCUT2D eigenvalue weighted by atomic mass is 10.2. The average molecular weight is 281 g/mol. The van der Waals surface area contributed by atoms with Crippen molar-refractivity contribution in [3.8, 4) is 0 Å². The van der Waals surface area contributed by atoms with Crippen molar-refractivity contribution >= 4 is 22.9 Å². The molecule has 0 aromatic carbocycles. The Kier molecular flexibility index (Phi) is 3.46. The highest BCUT2D eigenvalue weighted by molar-refractivity contribution is 7.16. The fourth-order valence-corrected chi connectivity index (χ4v) is 3.19. The second-order valence-corrected chi connectivity index (χ2v) is 6.71. The van der Waals surface area contributed by atoms with Crippen LogP contribution < -0.4 is 5.32 Å². The van der Waals surface area contributed by atoms with Gasteiger partial charge in [0.25, 0.3) is 0 Å². The van der Waals surface area contributed by atoms with E-state index in [-0.39, 0.29) is 0 Å². The maximum atomic E-state index is 5.96. The largest absolute Gasteiger partial charge is 0.346 e. The lowest BCUT2D eigenvalue weighted by Gasteiger charge is -2.07. The van der Waals surface area contributed by atoms with Crippen LogP contribution in [0.2, 0.25) is 4.34 Å². The van der Waals surface area contributed by atoms with Crippen LogP contribution in [-0.2, 0) is 13.1 Å². The van der Waals surface area contributed by atoms with Gasteiger partial charge in [-0.3, -0.25) is 0 Å². The molecule has 0 aliphatic heterocycles. The molecule has 1 aliphatic rings. The van der Waals surface area contributed by atoms with Crippen LogP contribution in [0, 0.1) is 6.92 Å². The Morgan fingerprint density at radius 1 is 1.39 bits per heavy atom. The summed E-state index contributed by atoms with van der Waals surface area (Å²) in [6.07, 6.45) is 4.85. The molecule has 0 amide bonds. The number of nitrogens with zero attached hydrogens (tertiary/aromatic N) is 1. The standard InChI is InChI=1S/C14H17ClN2S/c1-10-11(8-16-12-2-3-12)6-7-17(10)9-13-4-5-14(15)18-13/h4-7,12,16H,2-3,8-9H2,1H3. The van der Waals surface area contributed by atoms with Crippen LogP contribution >= 0.6 is 22.9 Å². The van der Waals surface area contributed by atoms with Crippen molar-refractivity contribution in [2.24, 2.45) is 0 Å². The minimum Gasteiger partial charge on any atom is -0.346 e. The van der Waals surface area contributed by atoms with Crippen molar-refractivity contribution in [1.82, 2.24) is 9.88 Å². The van der Waals surface area contributed by atoms with Crippen LogP contribution in [0.15, 0.2) is 24.4 Å². The van der Waals surface area contributed by atoms with Gasteiger partial charge in [0.1, 0.15) is 0 Å². The lowest BCUT2D eigenvalue weighted by Crippen LogP contribution is -2.15. The number of aromatic nitrogens is 1. The summed E-state index contributed by atoms with van der Waals surface area (Å²) < 4.78 is 3.16. The summed E-state index contributed by atoms with van der Waals surface area (Å²) in [5, 5.41) is 3.56. The third-order valence-corrected chi connectivity index (χ3v) is 4.68. The average Bonchev–Trinajstić information content (AvgIpc) is 3.01. The van der Waals surface area contributed by atoms with Crippen molar-refractivity contribution in [3.63, 3.8) is 0 Å². The summed E-state index contributed by atoms with van der Waals surface area (Å²) in [5.74, 6) is 0. The molecule has 2 nitrogen and oxygen atoms in total. The molecule has 1 N–H and O–H groups in total. The van der Waals surface area contributed by atoms with E-state index in [1.54, 1.807) is 11.3 Å². The van der Waals surface area contributed by atoms with Gasteiger partial charge >= 0.3 is 0 Å².